The summed E-state index contributed by atoms with van der Waals surface area (Å²) in [5.74, 6) is 0.528. The zero-order valence-corrected chi connectivity index (χ0v) is 11.5. The van der Waals surface area contributed by atoms with E-state index in [4.69, 9.17) is 10.5 Å². The van der Waals surface area contributed by atoms with Crippen molar-refractivity contribution in [2.75, 3.05) is 7.11 Å². The highest BCUT2D eigenvalue weighted by atomic mass is 16.5. The second-order valence-electron chi connectivity index (χ2n) is 4.39. The van der Waals surface area contributed by atoms with Crippen LogP contribution < -0.4 is 10.5 Å². The Morgan fingerprint density at radius 2 is 2.16 bits per heavy atom. The molecular weight excluding hydrogens is 242 g/mol. The first-order valence-electron chi connectivity index (χ1n) is 6.29. The Kier molecular flexibility index (Phi) is 4.11. The molecule has 0 aliphatic carbocycles. The van der Waals surface area contributed by atoms with Crippen molar-refractivity contribution >= 4 is 0 Å². The summed E-state index contributed by atoms with van der Waals surface area (Å²) in [6.07, 6.45) is 2.16. The molecule has 0 aromatic carbocycles. The smallest absolute Gasteiger partial charge is 0.216 e. The minimum Gasteiger partial charge on any atom is -0.481 e. The summed E-state index contributed by atoms with van der Waals surface area (Å²) >= 11 is 0. The highest BCUT2D eigenvalue weighted by Gasteiger charge is 2.13. The second kappa shape index (κ2) is 5.79. The molecule has 0 spiro atoms. The number of aromatic nitrogens is 4. The van der Waals surface area contributed by atoms with Crippen molar-refractivity contribution in [3.63, 3.8) is 0 Å². The quantitative estimate of drug-likeness (QED) is 0.876. The van der Waals surface area contributed by atoms with Crippen LogP contribution >= 0.6 is 0 Å². The third kappa shape index (κ3) is 3.08. The maximum Gasteiger partial charge on any atom is 0.216 e. The van der Waals surface area contributed by atoms with Gasteiger partial charge in [-0.05, 0) is 19.9 Å². The highest BCUT2D eigenvalue weighted by molar-refractivity contribution is 5.19. The Labute approximate surface area is 112 Å². The van der Waals surface area contributed by atoms with Crippen molar-refractivity contribution in [3.8, 4) is 5.88 Å². The van der Waals surface area contributed by atoms with Gasteiger partial charge in [-0.25, -0.2) is 9.97 Å². The highest BCUT2D eigenvalue weighted by Crippen LogP contribution is 2.17. The van der Waals surface area contributed by atoms with E-state index in [0.29, 0.717) is 12.3 Å². The fourth-order valence-electron chi connectivity index (χ4n) is 2.04. The lowest BCUT2D eigenvalue weighted by Crippen LogP contribution is -2.17. The average Bonchev–Trinajstić information content (AvgIpc) is 2.78. The van der Waals surface area contributed by atoms with Crippen LogP contribution in [0.1, 0.15) is 30.0 Å². The van der Waals surface area contributed by atoms with Gasteiger partial charge in [0.1, 0.15) is 6.33 Å². The fourth-order valence-corrected chi connectivity index (χ4v) is 2.04. The summed E-state index contributed by atoms with van der Waals surface area (Å²) in [5, 5.41) is 4.41. The van der Waals surface area contributed by atoms with Crippen molar-refractivity contribution in [2.24, 2.45) is 5.73 Å². The van der Waals surface area contributed by atoms with Crippen molar-refractivity contribution in [3.05, 3.63) is 35.5 Å². The van der Waals surface area contributed by atoms with Gasteiger partial charge in [0.05, 0.1) is 24.5 Å². The zero-order chi connectivity index (χ0) is 13.8. The number of hydrogen-bond donors (Lipinski definition) is 1. The molecule has 6 heteroatoms. The van der Waals surface area contributed by atoms with E-state index in [-0.39, 0.29) is 6.04 Å². The predicted octanol–water partition coefficient (Wildman–Crippen LogP) is 1.25. The summed E-state index contributed by atoms with van der Waals surface area (Å²) in [4.78, 5) is 8.18. The average molecular weight is 261 g/mol. The first-order chi connectivity index (χ1) is 9.13. The molecule has 0 aliphatic heterocycles. The Morgan fingerprint density at radius 3 is 2.84 bits per heavy atom. The molecule has 1 atom stereocenters. The van der Waals surface area contributed by atoms with Crippen LogP contribution in [0.15, 0.2) is 18.5 Å². The minimum atomic E-state index is -0.196. The molecule has 0 amide bonds. The van der Waals surface area contributed by atoms with E-state index in [0.717, 1.165) is 23.6 Å². The van der Waals surface area contributed by atoms with Crippen LogP contribution in [0.2, 0.25) is 0 Å². The summed E-state index contributed by atoms with van der Waals surface area (Å²) in [5.41, 5.74) is 9.09. The normalized spacial score (nSPS) is 12.4. The van der Waals surface area contributed by atoms with Gasteiger partial charge in [-0.3, -0.25) is 4.68 Å². The van der Waals surface area contributed by atoms with Gasteiger partial charge >= 0.3 is 0 Å². The lowest BCUT2D eigenvalue weighted by atomic mass is 10.1. The molecule has 6 nitrogen and oxygen atoms in total. The van der Waals surface area contributed by atoms with E-state index < -0.39 is 0 Å². The fraction of sp³-hybridized carbons (Fsp3) is 0.462. The van der Waals surface area contributed by atoms with Gasteiger partial charge in [-0.2, -0.15) is 5.10 Å². The van der Waals surface area contributed by atoms with Crippen molar-refractivity contribution in [1.82, 2.24) is 19.7 Å². The van der Waals surface area contributed by atoms with Crippen molar-refractivity contribution in [1.29, 1.82) is 0 Å². The SMILES string of the molecule is CCn1nc(C)cc1CC(N)c1cc(OC)ncn1. The summed E-state index contributed by atoms with van der Waals surface area (Å²) in [7, 11) is 1.58. The molecule has 0 saturated carbocycles. The molecule has 19 heavy (non-hydrogen) atoms. The Balaban J connectivity index is 2.17. The second-order valence-corrected chi connectivity index (χ2v) is 4.39. The van der Waals surface area contributed by atoms with Crippen LogP contribution in [0.5, 0.6) is 5.88 Å². The van der Waals surface area contributed by atoms with Crippen LogP contribution in [-0.2, 0) is 13.0 Å². The molecule has 0 bridgehead atoms. The van der Waals surface area contributed by atoms with Crippen molar-refractivity contribution in [2.45, 2.75) is 32.9 Å². The van der Waals surface area contributed by atoms with Crippen LogP contribution in [-0.4, -0.2) is 26.9 Å². The van der Waals surface area contributed by atoms with E-state index in [2.05, 4.69) is 28.1 Å². The van der Waals surface area contributed by atoms with Crippen molar-refractivity contribution < 1.29 is 4.74 Å². The Bertz CT molecular complexity index is 552. The third-order valence-corrected chi connectivity index (χ3v) is 2.97. The van der Waals surface area contributed by atoms with Gasteiger partial charge in [-0.1, -0.05) is 0 Å². The number of ether oxygens (including phenoxy) is 1. The van der Waals surface area contributed by atoms with Gasteiger partial charge in [-0.15, -0.1) is 0 Å². The maximum atomic E-state index is 6.20. The first kappa shape index (κ1) is 13.5. The number of aryl methyl sites for hydroxylation is 2. The lowest BCUT2D eigenvalue weighted by molar-refractivity contribution is 0.395. The number of nitrogens with two attached hydrogens (primary N) is 1. The number of hydrogen-bond acceptors (Lipinski definition) is 5. The van der Waals surface area contributed by atoms with E-state index in [1.807, 2.05) is 11.6 Å². The number of rotatable bonds is 5. The van der Waals surface area contributed by atoms with E-state index in [1.165, 1.54) is 6.33 Å². The Hall–Kier alpha value is -1.95. The molecule has 0 fully saturated rings. The first-order valence-corrected chi connectivity index (χ1v) is 6.29. The molecule has 2 N–H and O–H groups in total. The van der Waals surface area contributed by atoms with Gasteiger partial charge < -0.3 is 10.5 Å². The molecule has 2 aromatic rings. The van der Waals surface area contributed by atoms with Gasteiger partial charge in [0.15, 0.2) is 0 Å². The largest absolute Gasteiger partial charge is 0.481 e. The van der Waals surface area contributed by atoms with E-state index >= 15 is 0 Å². The number of nitrogens with zero attached hydrogens (tertiary/aromatic N) is 4. The maximum absolute atomic E-state index is 6.20. The molecule has 2 rings (SSSR count). The lowest BCUT2D eigenvalue weighted by Gasteiger charge is -2.12. The molecular formula is C13H19N5O. The molecule has 0 radical (unpaired) electrons. The van der Waals surface area contributed by atoms with Gasteiger partial charge in [0.25, 0.3) is 0 Å². The summed E-state index contributed by atoms with van der Waals surface area (Å²) < 4.78 is 7.05. The monoisotopic (exact) mass is 261 g/mol. The Morgan fingerprint density at radius 1 is 1.37 bits per heavy atom. The van der Waals surface area contributed by atoms with Crippen LogP contribution in [0, 0.1) is 6.92 Å². The predicted molar refractivity (Wildman–Crippen MR) is 71.9 cm³/mol. The topological polar surface area (TPSA) is 78.9 Å². The number of methoxy groups -OCH3 is 1. The summed E-state index contributed by atoms with van der Waals surface area (Å²) in [6.45, 7) is 4.88. The molecule has 2 heterocycles. The standard InChI is InChI=1S/C13H19N5O/c1-4-18-10(5-9(2)17-18)6-11(14)12-7-13(19-3)16-8-15-12/h5,7-8,11H,4,6,14H2,1-3H3. The summed E-state index contributed by atoms with van der Waals surface area (Å²) in [6, 6.07) is 3.63. The third-order valence-electron chi connectivity index (χ3n) is 2.97. The molecule has 1 unspecified atom stereocenters. The molecule has 2 aromatic heterocycles. The van der Waals surface area contributed by atoms with Crippen LogP contribution in [0.25, 0.3) is 0 Å². The van der Waals surface area contributed by atoms with Gasteiger partial charge in [0, 0.05) is 24.7 Å². The van der Waals surface area contributed by atoms with E-state index in [9.17, 15) is 0 Å². The van der Waals surface area contributed by atoms with Gasteiger partial charge in [0.2, 0.25) is 5.88 Å². The molecule has 0 aliphatic rings. The van der Waals surface area contributed by atoms with Crippen LogP contribution in [0.3, 0.4) is 0 Å². The van der Waals surface area contributed by atoms with Crippen LogP contribution in [0.4, 0.5) is 0 Å². The minimum absolute atomic E-state index is 0.196. The molecule has 102 valence electrons. The molecule has 0 saturated heterocycles. The zero-order valence-electron chi connectivity index (χ0n) is 11.5. The van der Waals surface area contributed by atoms with E-state index in [1.54, 1.807) is 13.2 Å².